The highest BCUT2D eigenvalue weighted by atomic mass is 32.2. The van der Waals surface area contributed by atoms with Crippen LogP contribution in [0, 0.1) is 5.82 Å². The molecule has 1 saturated heterocycles. The van der Waals surface area contributed by atoms with Crippen molar-refractivity contribution in [1.82, 2.24) is 4.90 Å². The zero-order chi connectivity index (χ0) is 20.1. The van der Waals surface area contributed by atoms with Crippen LogP contribution in [-0.4, -0.2) is 40.9 Å². The molecule has 0 aromatic heterocycles. The number of rotatable bonds is 7. The summed E-state index contributed by atoms with van der Waals surface area (Å²) in [5.41, 5.74) is 0.388. The van der Waals surface area contributed by atoms with Gasteiger partial charge in [0.1, 0.15) is 18.2 Å². The molecule has 0 bridgehead atoms. The Morgan fingerprint density at radius 3 is 2.61 bits per heavy atom. The molecule has 2 aromatic rings. The van der Waals surface area contributed by atoms with Crippen molar-refractivity contribution in [3.63, 3.8) is 0 Å². The van der Waals surface area contributed by atoms with E-state index in [2.05, 4.69) is 0 Å². The Hall–Kier alpha value is -3.00. The maximum Gasteiger partial charge on any atom is 0.293 e. The van der Waals surface area contributed by atoms with Crippen molar-refractivity contribution >= 4 is 29.0 Å². The number of halogens is 1. The molecule has 0 aliphatic carbocycles. The molecular weight excluding hydrogens is 385 g/mol. The summed E-state index contributed by atoms with van der Waals surface area (Å²) < 4.78 is 23.6. The molecule has 0 atom stereocenters. The van der Waals surface area contributed by atoms with Crippen molar-refractivity contribution in [3.8, 4) is 17.2 Å². The second-order valence-corrected chi connectivity index (χ2v) is 6.76. The molecule has 0 radical (unpaired) electrons. The lowest BCUT2D eigenvalue weighted by molar-refractivity contribution is -0.123. The van der Waals surface area contributed by atoms with E-state index < -0.39 is 11.1 Å². The van der Waals surface area contributed by atoms with E-state index in [9.17, 15) is 19.1 Å². The van der Waals surface area contributed by atoms with Crippen molar-refractivity contribution in [2.75, 3.05) is 19.8 Å². The zero-order valence-electron chi connectivity index (χ0n) is 15.1. The lowest BCUT2D eigenvalue weighted by atomic mass is 10.1. The number of phenolic OH excluding ortho intramolecular Hbond substituents is 1. The Bertz CT molecular complexity index is 913. The molecule has 1 heterocycles. The number of hydrogen-bond donors (Lipinski definition) is 1. The largest absolute Gasteiger partial charge is 0.504 e. The Labute approximate surface area is 165 Å². The van der Waals surface area contributed by atoms with Crippen LogP contribution in [0.5, 0.6) is 17.2 Å². The number of para-hydroxylation sites is 1. The van der Waals surface area contributed by atoms with E-state index >= 15 is 0 Å². The van der Waals surface area contributed by atoms with Crippen LogP contribution < -0.4 is 9.47 Å². The Balaban J connectivity index is 1.67. The van der Waals surface area contributed by atoms with Gasteiger partial charge in [0.15, 0.2) is 11.5 Å². The van der Waals surface area contributed by atoms with Gasteiger partial charge in [0.25, 0.3) is 11.1 Å². The number of ether oxygens (including phenoxy) is 2. The Morgan fingerprint density at radius 1 is 1.14 bits per heavy atom. The highest BCUT2D eigenvalue weighted by Crippen LogP contribution is 2.36. The van der Waals surface area contributed by atoms with Crippen LogP contribution in [0.15, 0.2) is 47.4 Å². The molecule has 8 heteroatoms. The van der Waals surface area contributed by atoms with Crippen molar-refractivity contribution in [2.45, 2.75) is 6.92 Å². The highest BCUT2D eigenvalue weighted by molar-refractivity contribution is 8.18. The van der Waals surface area contributed by atoms with Gasteiger partial charge in [-0.2, -0.15) is 0 Å². The van der Waals surface area contributed by atoms with Crippen LogP contribution in [0.3, 0.4) is 0 Å². The maximum absolute atomic E-state index is 12.9. The van der Waals surface area contributed by atoms with Gasteiger partial charge in [-0.1, -0.05) is 12.1 Å². The lowest BCUT2D eigenvalue weighted by Crippen LogP contribution is -2.32. The highest BCUT2D eigenvalue weighted by Gasteiger charge is 2.35. The zero-order valence-corrected chi connectivity index (χ0v) is 15.9. The van der Waals surface area contributed by atoms with Crippen molar-refractivity contribution in [2.24, 2.45) is 0 Å². The minimum absolute atomic E-state index is 0.0599. The number of nitrogens with zero attached hydrogens (tertiary/aromatic N) is 1. The number of benzene rings is 2. The molecule has 1 aliphatic heterocycles. The molecule has 2 aromatic carbocycles. The van der Waals surface area contributed by atoms with Gasteiger partial charge < -0.3 is 14.6 Å². The third-order valence-corrected chi connectivity index (χ3v) is 4.79. The number of hydrogen-bond acceptors (Lipinski definition) is 6. The molecule has 0 unspecified atom stereocenters. The predicted octanol–water partition coefficient (Wildman–Crippen LogP) is 4.05. The number of amides is 2. The topological polar surface area (TPSA) is 76.1 Å². The van der Waals surface area contributed by atoms with E-state index in [1.165, 1.54) is 30.3 Å². The first-order valence-corrected chi connectivity index (χ1v) is 9.39. The molecule has 0 spiro atoms. The van der Waals surface area contributed by atoms with E-state index in [0.29, 0.717) is 23.7 Å². The third-order valence-electron chi connectivity index (χ3n) is 3.89. The summed E-state index contributed by atoms with van der Waals surface area (Å²) in [6, 6.07) is 10.4. The van der Waals surface area contributed by atoms with Gasteiger partial charge in [-0.05, 0) is 55.1 Å². The summed E-state index contributed by atoms with van der Waals surface area (Å²) in [7, 11) is 0. The standard InChI is InChI=1S/C20H18FNO5S/c1-2-26-16-5-3-4-13(18(16)23)12-17-19(24)22(20(25)28-17)10-11-27-15-8-6-14(21)7-9-15/h3-9,12,23H,2,10-11H2,1H3/b17-12-. The SMILES string of the molecule is CCOc1cccc(/C=C2\SC(=O)N(CCOc3ccc(F)cc3)C2=O)c1O. The van der Waals surface area contributed by atoms with E-state index in [0.717, 1.165) is 16.7 Å². The van der Waals surface area contributed by atoms with Crippen LogP contribution in [0.25, 0.3) is 6.08 Å². The maximum atomic E-state index is 12.9. The van der Waals surface area contributed by atoms with E-state index in [4.69, 9.17) is 9.47 Å². The van der Waals surface area contributed by atoms with Crippen LogP contribution >= 0.6 is 11.8 Å². The fourth-order valence-corrected chi connectivity index (χ4v) is 3.40. The third kappa shape index (κ3) is 4.45. The van der Waals surface area contributed by atoms with Crippen LogP contribution in [0.4, 0.5) is 9.18 Å². The number of carbonyl (C=O) groups excluding carboxylic acids is 2. The average Bonchev–Trinajstić information content (AvgIpc) is 2.94. The van der Waals surface area contributed by atoms with Gasteiger partial charge in [-0.15, -0.1) is 0 Å². The molecule has 2 amide bonds. The van der Waals surface area contributed by atoms with E-state index in [1.807, 2.05) is 0 Å². The van der Waals surface area contributed by atoms with Gasteiger partial charge >= 0.3 is 0 Å². The second kappa shape index (κ2) is 8.79. The average molecular weight is 403 g/mol. The fourth-order valence-electron chi connectivity index (χ4n) is 2.55. The summed E-state index contributed by atoms with van der Waals surface area (Å²) in [6.07, 6.45) is 1.46. The first-order valence-electron chi connectivity index (χ1n) is 8.58. The van der Waals surface area contributed by atoms with Crippen molar-refractivity contribution in [1.29, 1.82) is 0 Å². The van der Waals surface area contributed by atoms with Gasteiger partial charge in [0.05, 0.1) is 18.1 Å². The predicted molar refractivity (Wildman–Crippen MR) is 104 cm³/mol. The Kier molecular flexibility index (Phi) is 6.20. The van der Waals surface area contributed by atoms with Gasteiger partial charge in [-0.3, -0.25) is 14.5 Å². The number of carbonyl (C=O) groups is 2. The fraction of sp³-hybridized carbons (Fsp3) is 0.200. The number of aromatic hydroxyl groups is 1. The monoisotopic (exact) mass is 403 g/mol. The molecule has 0 saturated carbocycles. The molecule has 146 valence electrons. The number of imide groups is 1. The summed E-state index contributed by atoms with van der Waals surface area (Å²) >= 11 is 0.794. The quantitative estimate of drug-likeness (QED) is 0.703. The molecule has 1 fully saturated rings. The van der Waals surface area contributed by atoms with Crippen LogP contribution in [-0.2, 0) is 4.79 Å². The van der Waals surface area contributed by atoms with Gasteiger partial charge in [-0.25, -0.2) is 4.39 Å². The summed E-state index contributed by atoms with van der Waals surface area (Å²) in [6.45, 7) is 2.33. The van der Waals surface area contributed by atoms with E-state index in [-0.39, 0.29) is 29.6 Å². The number of thioether (sulfide) groups is 1. The van der Waals surface area contributed by atoms with Crippen molar-refractivity contribution in [3.05, 3.63) is 58.8 Å². The smallest absolute Gasteiger partial charge is 0.293 e. The van der Waals surface area contributed by atoms with E-state index in [1.54, 1.807) is 25.1 Å². The first kappa shape index (κ1) is 19.8. The molecule has 3 rings (SSSR count). The van der Waals surface area contributed by atoms with Gasteiger partial charge in [0, 0.05) is 5.56 Å². The van der Waals surface area contributed by atoms with Crippen LogP contribution in [0.1, 0.15) is 12.5 Å². The minimum Gasteiger partial charge on any atom is -0.504 e. The first-order chi connectivity index (χ1) is 13.5. The summed E-state index contributed by atoms with van der Waals surface area (Å²) in [5, 5.41) is 9.83. The minimum atomic E-state index is -0.459. The molecule has 1 N–H and O–H groups in total. The summed E-state index contributed by atoms with van der Waals surface area (Å²) in [5.74, 6) is -0.167. The lowest BCUT2D eigenvalue weighted by Gasteiger charge is -2.13. The summed E-state index contributed by atoms with van der Waals surface area (Å²) in [4.78, 5) is 26.0. The van der Waals surface area contributed by atoms with Crippen LogP contribution in [0.2, 0.25) is 0 Å². The number of phenols is 1. The molecular formula is C20H18FNO5S. The second-order valence-electron chi connectivity index (χ2n) is 5.76. The molecule has 28 heavy (non-hydrogen) atoms. The van der Waals surface area contributed by atoms with Crippen molar-refractivity contribution < 1.29 is 28.6 Å². The molecule has 1 aliphatic rings. The normalized spacial score (nSPS) is 15.4. The van der Waals surface area contributed by atoms with Gasteiger partial charge in [0.2, 0.25) is 0 Å². The Morgan fingerprint density at radius 2 is 1.89 bits per heavy atom. The molecule has 6 nitrogen and oxygen atoms in total.